The molecule has 6 nitrogen and oxygen atoms in total. The second-order valence-electron chi connectivity index (χ2n) is 10.8. The molecule has 4 rings (SSSR count). The summed E-state index contributed by atoms with van der Waals surface area (Å²) in [6.45, 7) is 13.4. The normalized spacial score (nSPS) is 35.5. The van der Waals surface area contributed by atoms with E-state index in [1.165, 1.54) is 0 Å². The van der Waals surface area contributed by atoms with Gasteiger partial charge in [0.1, 0.15) is 17.0 Å². The highest BCUT2D eigenvalue weighted by molar-refractivity contribution is 6.10. The fraction of sp³-hybridized carbons (Fsp3) is 0.680. The highest BCUT2D eigenvalue weighted by Gasteiger charge is 2.69. The fourth-order valence-electron chi connectivity index (χ4n) is 5.57. The number of aliphatic hydroxyl groups is 1. The van der Waals surface area contributed by atoms with Crippen LogP contribution in [0.2, 0.25) is 0 Å². The van der Waals surface area contributed by atoms with Crippen LogP contribution in [0.25, 0.3) is 0 Å². The maximum atomic E-state index is 13.6. The Morgan fingerprint density at radius 1 is 1.19 bits per heavy atom. The largest absolute Gasteiger partial charge is 0.488 e. The minimum atomic E-state index is -1.61. The summed E-state index contributed by atoms with van der Waals surface area (Å²) in [4.78, 5) is 26.1. The SMILES string of the molecule is CC(C)=CCC1=C2OC(C)(C)[C@@H]3CC[C@@]4(C)C[C@@H]3[C@]2(O)C(=C(OC(=O)C(C)C)C1=O)O4. The minimum absolute atomic E-state index is 0.0569. The number of Topliss-reactive ketones (excluding diaryl/α,β-unsaturated/α-hetero) is 1. The molecular formula is C25H34O6. The lowest BCUT2D eigenvalue weighted by atomic mass is 9.55. The molecule has 0 spiro atoms. The number of allylic oxidation sites excluding steroid dienone is 3. The molecule has 0 amide bonds. The highest BCUT2D eigenvalue weighted by Crippen LogP contribution is 2.63. The Morgan fingerprint density at radius 3 is 2.48 bits per heavy atom. The van der Waals surface area contributed by atoms with Crippen LogP contribution in [0.1, 0.15) is 74.1 Å². The van der Waals surface area contributed by atoms with Gasteiger partial charge in [-0.15, -0.1) is 0 Å². The summed E-state index contributed by atoms with van der Waals surface area (Å²) in [6.07, 6.45) is 4.51. The van der Waals surface area contributed by atoms with Gasteiger partial charge in [-0.3, -0.25) is 9.59 Å². The first-order valence-corrected chi connectivity index (χ1v) is 11.3. The van der Waals surface area contributed by atoms with Crippen LogP contribution in [0.4, 0.5) is 0 Å². The summed E-state index contributed by atoms with van der Waals surface area (Å²) in [5.41, 5.74) is -1.27. The number of carbonyl (C=O) groups is 2. The maximum absolute atomic E-state index is 13.6. The third-order valence-corrected chi connectivity index (χ3v) is 7.31. The van der Waals surface area contributed by atoms with Crippen molar-refractivity contribution in [3.8, 4) is 0 Å². The smallest absolute Gasteiger partial charge is 0.314 e. The van der Waals surface area contributed by atoms with Crippen molar-refractivity contribution in [2.45, 2.75) is 91.0 Å². The Balaban J connectivity index is 1.95. The molecule has 3 fully saturated rings. The number of ketones is 1. The zero-order valence-corrected chi connectivity index (χ0v) is 19.6. The Kier molecular flexibility index (Phi) is 4.97. The predicted molar refractivity (Wildman–Crippen MR) is 114 cm³/mol. The van der Waals surface area contributed by atoms with Crippen molar-refractivity contribution in [3.63, 3.8) is 0 Å². The number of hydrogen-bond acceptors (Lipinski definition) is 6. The molecule has 31 heavy (non-hydrogen) atoms. The van der Waals surface area contributed by atoms with E-state index in [9.17, 15) is 14.7 Å². The lowest BCUT2D eigenvalue weighted by molar-refractivity contribution is -0.251. The van der Waals surface area contributed by atoms with Crippen LogP contribution in [-0.4, -0.2) is 33.7 Å². The van der Waals surface area contributed by atoms with E-state index in [1.54, 1.807) is 13.8 Å². The third-order valence-electron chi connectivity index (χ3n) is 7.31. The number of fused-ring (bicyclic) bond motifs is 1. The van der Waals surface area contributed by atoms with E-state index in [2.05, 4.69) is 0 Å². The van der Waals surface area contributed by atoms with Gasteiger partial charge in [-0.25, -0.2) is 0 Å². The van der Waals surface area contributed by atoms with Gasteiger partial charge >= 0.3 is 5.97 Å². The van der Waals surface area contributed by atoms with Gasteiger partial charge in [0.25, 0.3) is 0 Å². The van der Waals surface area contributed by atoms with E-state index in [0.29, 0.717) is 18.4 Å². The lowest BCUT2D eigenvalue weighted by Crippen LogP contribution is -2.67. The van der Waals surface area contributed by atoms with Gasteiger partial charge < -0.3 is 19.3 Å². The number of ether oxygens (including phenoxy) is 3. The lowest BCUT2D eigenvalue weighted by Gasteiger charge is -2.62. The van der Waals surface area contributed by atoms with Gasteiger partial charge in [0, 0.05) is 17.4 Å². The summed E-state index contributed by atoms with van der Waals surface area (Å²) < 4.78 is 18.3. The molecule has 0 radical (unpaired) electrons. The molecule has 0 aromatic carbocycles. The number of hydrogen-bond donors (Lipinski definition) is 1. The zero-order chi connectivity index (χ0) is 22.9. The second kappa shape index (κ2) is 6.96. The summed E-state index contributed by atoms with van der Waals surface area (Å²) in [6, 6.07) is 0. The Labute approximate surface area is 184 Å². The quantitative estimate of drug-likeness (QED) is 0.528. The van der Waals surface area contributed by atoms with Crippen LogP contribution in [0.5, 0.6) is 0 Å². The summed E-state index contributed by atoms with van der Waals surface area (Å²) >= 11 is 0. The van der Waals surface area contributed by atoms with E-state index >= 15 is 0 Å². The van der Waals surface area contributed by atoms with Crippen LogP contribution in [0, 0.1) is 17.8 Å². The summed E-state index contributed by atoms with van der Waals surface area (Å²) in [7, 11) is 0. The molecule has 2 heterocycles. The Hall–Kier alpha value is -2.08. The molecule has 2 aliphatic carbocycles. The molecule has 0 aromatic heterocycles. The van der Waals surface area contributed by atoms with Crippen molar-refractivity contribution in [3.05, 3.63) is 34.5 Å². The van der Waals surface area contributed by atoms with Crippen LogP contribution >= 0.6 is 0 Å². The minimum Gasteiger partial charge on any atom is -0.488 e. The monoisotopic (exact) mass is 430 g/mol. The third kappa shape index (κ3) is 3.25. The molecule has 6 heteroatoms. The molecule has 0 aromatic rings. The zero-order valence-electron chi connectivity index (χ0n) is 19.6. The topological polar surface area (TPSA) is 82.1 Å². The average Bonchev–Trinajstić information content (AvgIpc) is 2.65. The number of rotatable bonds is 4. The molecule has 4 atom stereocenters. The first-order chi connectivity index (χ1) is 14.3. The summed E-state index contributed by atoms with van der Waals surface area (Å²) in [5.74, 6) is -1.34. The second-order valence-corrected chi connectivity index (χ2v) is 10.8. The van der Waals surface area contributed by atoms with Gasteiger partial charge in [-0.05, 0) is 60.3 Å². The molecule has 2 saturated heterocycles. The Bertz CT molecular complexity index is 932. The van der Waals surface area contributed by atoms with E-state index in [1.807, 2.05) is 40.7 Å². The first-order valence-electron chi connectivity index (χ1n) is 11.3. The van der Waals surface area contributed by atoms with Crippen LogP contribution in [0.15, 0.2) is 34.5 Å². The van der Waals surface area contributed by atoms with Crippen molar-refractivity contribution in [1.29, 1.82) is 0 Å². The van der Waals surface area contributed by atoms with Crippen LogP contribution < -0.4 is 0 Å². The first kappa shape index (κ1) is 22.1. The highest BCUT2D eigenvalue weighted by atomic mass is 16.6. The number of esters is 1. The average molecular weight is 431 g/mol. The van der Waals surface area contributed by atoms with E-state index in [0.717, 1.165) is 18.4 Å². The van der Waals surface area contributed by atoms with E-state index in [4.69, 9.17) is 14.2 Å². The van der Waals surface area contributed by atoms with Crippen molar-refractivity contribution in [2.24, 2.45) is 17.8 Å². The van der Waals surface area contributed by atoms with Crippen LogP contribution in [0.3, 0.4) is 0 Å². The molecule has 1 N–H and O–H groups in total. The van der Waals surface area contributed by atoms with Crippen molar-refractivity contribution in [1.82, 2.24) is 0 Å². The predicted octanol–water partition coefficient (Wildman–Crippen LogP) is 4.34. The molecule has 2 bridgehead atoms. The standard InChI is InChI=1S/C25H34O6/c1-13(2)8-9-15-18(26)19(29-22(27)14(3)4)21-25(28)17-12-24(7,31-21)11-10-16(17)23(5,6)30-20(15)25/h8,14,16-17,28H,9-12H2,1-7H3/t16-,17+,24+,25-/m1/s1. The number of carbonyl (C=O) groups excluding carboxylic acids is 2. The molecule has 1 saturated carbocycles. The van der Waals surface area contributed by atoms with Gasteiger partial charge in [0.15, 0.2) is 11.4 Å². The van der Waals surface area contributed by atoms with Gasteiger partial charge in [-0.2, -0.15) is 0 Å². The van der Waals surface area contributed by atoms with Gasteiger partial charge in [-0.1, -0.05) is 25.5 Å². The molecule has 4 aliphatic rings. The van der Waals surface area contributed by atoms with Crippen molar-refractivity contribution in [2.75, 3.05) is 0 Å². The van der Waals surface area contributed by atoms with Crippen molar-refractivity contribution < 1.29 is 28.9 Å². The molecular weight excluding hydrogens is 396 g/mol. The maximum Gasteiger partial charge on any atom is 0.314 e. The van der Waals surface area contributed by atoms with Gasteiger partial charge in [0.05, 0.1) is 5.92 Å². The van der Waals surface area contributed by atoms with E-state index < -0.39 is 34.5 Å². The molecule has 2 aliphatic heterocycles. The fourth-order valence-corrected chi connectivity index (χ4v) is 5.57. The molecule has 0 unspecified atom stereocenters. The van der Waals surface area contributed by atoms with Gasteiger partial charge in [0.2, 0.25) is 11.5 Å². The van der Waals surface area contributed by atoms with Crippen LogP contribution in [-0.2, 0) is 23.8 Å². The summed E-state index contributed by atoms with van der Waals surface area (Å²) in [5, 5.41) is 12.2. The van der Waals surface area contributed by atoms with Crippen molar-refractivity contribution >= 4 is 11.8 Å². The van der Waals surface area contributed by atoms with E-state index in [-0.39, 0.29) is 29.1 Å². The Morgan fingerprint density at radius 2 is 1.87 bits per heavy atom. The molecule has 170 valence electrons.